The Morgan fingerprint density at radius 2 is 2.10 bits per heavy atom. The van der Waals surface area contributed by atoms with Gasteiger partial charge in [0.05, 0.1) is 5.60 Å². The van der Waals surface area contributed by atoms with Gasteiger partial charge in [0.15, 0.2) is 11.5 Å². The molecule has 1 heterocycles. The maximum absolute atomic E-state index is 12.1. The van der Waals surface area contributed by atoms with Crippen LogP contribution in [0.3, 0.4) is 0 Å². The van der Waals surface area contributed by atoms with Gasteiger partial charge >= 0.3 is 0 Å². The van der Waals surface area contributed by atoms with Crippen LogP contribution in [0, 0.1) is 5.92 Å². The van der Waals surface area contributed by atoms with Gasteiger partial charge in [-0.3, -0.25) is 4.79 Å². The lowest BCUT2D eigenvalue weighted by molar-refractivity contribution is -0.131. The number of carbonyl (C=O) groups excluding carboxylic acids is 1. The highest BCUT2D eigenvalue weighted by Crippen LogP contribution is 2.39. The molecule has 1 aromatic rings. The zero-order chi connectivity index (χ0) is 14.2. The molecule has 1 saturated carbocycles. The fraction of sp³-hybridized carbons (Fsp3) is 0.533. The number of aliphatic hydroxyl groups is 1. The Morgan fingerprint density at radius 1 is 1.40 bits per heavy atom. The lowest BCUT2D eigenvalue weighted by Gasteiger charge is -2.28. The van der Waals surface area contributed by atoms with Crippen molar-refractivity contribution in [3.8, 4) is 11.5 Å². The van der Waals surface area contributed by atoms with Gasteiger partial charge in [-0.25, -0.2) is 0 Å². The summed E-state index contributed by atoms with van der Waals surface area (Å²) in [6.45, 7) is 2.20. The Kier molecular flexibility index (Phi) is 3.30. The van der Waals surface area contributed by atoms with Crippen LogP contribution < -0.4 is 14.8 Å². The number of nitrogens with one attached hydrogen (secondary N) is 1. The van der Waals surface area contributed by atoms with Crippen LogP contribution in [0.5, 0.6) is 11.5 Å². The number of para-hydroxylation sites is 2. The predicted octanol–water partition coefficient (Wildman–Crippen LogP) is 1.10. The molecule has 5 heteroatoms. The second-order valence-corrected chi connectivity index (χ2v) is 5.71. The SMILES string of the molecule is CC(O)(CNC(=O)C1COc2ccccc2O1)C1CC1. The Bertz CT molecular complexity index is 510. The monoisotopic (exact) mass is 277 g/mol. The van der Waals surface area contributed by atoms with Gasteiger partial charge in [0.25, 0.3) is 5.91 Å². The summed E-state index contributed by atoms with van der Waals surface area (Å²) >= 11 is 0. The summed E-state index contributed by atoms with van der Waals surface area (Å²) in [5.74, 6) is 1.28. The van der Waals surface area contributed by atoms with Crippen molar-refractivity contribution in [3.05, 3.63) is 24.3 Å². The zero-order valence-electron chi connectivity index (χ0n) is 11.5. The van der Waals surface area contributed by atoms with E-state index in [2.05, 4.69) is 5.32 Å². The average molecular weight is 277 g/mol. The van der Waals surface area contributed by atoms with Gasteiger partial charge in [-0.1, -0.05) is 12.1 Å². The fourth-order valence-electron chi connectivity index (χ4n) is 2.38. The summed E-state index contributed by atoms with van der Waals surface area (Å²) in [7, 11) is 0. The van der Waals surface area contributed by atoms with Gasteiger partial charge in [0.2, 0.25) is 6.10 Å². The summed E-state index contributed by atoms with van der Waals surface area (Å²) in [4.78, 5) is 12.1. The van der Waals surface area contributed by atoms with E-state index < -0.39 is 11.7 Å². The van der Waals surface area contributed by atoms with Crippen LogP contribution in [0.25, 0.3) is 0 Å². The van der Waals surface area contributed by atoms with Gasteiger partial charge in [-0.2, -0.15) is 0 Å². The molecule has 2 unspecified atom stereocenters. The molecule has 2 aliphatic rings. The predicted molar refractivity (Wildman–Crippen MR) is 72.7 cm³/mol. The maximum atomic E-state index is 12.1. The number of carbonyl (C=O) groups is 1. The van der Waals surface area contributed by atoms with Crippen LogP contribution in [0.15, 0.2) is 24.3 Å². The maximum Gasteiger partial charge on any atom is 0.264 e. The Morgan fingerprint density at radius 3 is 2.80 bits per heavy atom. The van der Waals surface area contributed by atoms with E-state index in [4.69, 9.17) is 9.47 Å². The van der Waals surface area contributed by atoms with Crippen molar-refractivity contribution in [1.82, 2.24) is 5.32 Å². The largest absolute Gasteiger partial charge is 0.485 e. The summed E-state index contributed by atoms with van der Waals surface area (Å²) in [6.07, 6.45) is 1.39. The number of amides is 1. The molecule has 108 valence electrons. The molecule has 2 atom stereocenters. The van der Waals surface area contributed by atoms with E-state index in [0.717, 1.165) is 12.8 Å². The van der Waals surface area contributed by atoms with Crippen LogP contribution in [0.1, 0.15) is 19.8 Å². The molecular formula is C15H19NO4. The normalized spacial score (nSPS) is 23.8. The zero-order valence-corrected chi connectivity index (χ0v) is 11.5. The summed E-state index contributed by atoms with van der Waals surface area (Å²) in [5, 5.41) is 12.9. The number of hydrogen-bond donors (Lipinski definition) is 2. The summed E-state index contributed by atoms with van der Waals surface area (Å²) in [6, 6.07) is 7.27. The number of hydrogen-bond acceptors (Lipinski definition) is 4. The topological polar surface area (TPSA) is 67.8 Å². The number of ether oxygens (including phenoxy) is 2. The molecule has 20 heavy (non-hydrogen) atoms. The molecule has 0 aromatic heterocycles. The van der Waals surface area contributed by atoms with E-state index in [1.54, 1.807) is 19.1 Å². The Hall–Kier alpha value is -1.75. The highest BCUT2D eigenvalue weighted by molar-refractivity contribution is 5.81. The highest BCUT2D eigenvalue weighted by Gasteiger charge is 2.40. The first-order valence-electron chi connectivity index (χ1n) is 6.95. The van der Waals surface area contributed by atoms with Crippen LogP contribution >= 0.6 is 0 Å². The second kappa shape index (κ2) is 4.98. The third-order valence-corrected chi connectivity index (χ3v) is 3.88. The van der Waals surface area contributed by atoms with Crippen LogP contribution in [-0.4, -0.2) is 35.9 Å². The first-order chi connectivity index (χ1) is 9.56. The summed E-state index contributed by atoms with van der Waals surface area (Å²) < 4.78 is 11.1. The molecular weight excluding hydrogens is 258 g/mol. The molecule has 1 fully saturated rings. The number of fused-ring (bicyclic) bond motifs is 1. The molecule has 1 aliphatic heterocycles. The van der Waals surface area contributed by atoms with Crippen molar-refractivity contribution in [2.24, 2.45) is 5.92 Å². The fourth-order valence-corrected chi connectivity index (χ4v) is 2.38. The molecule has 1 aliphatic carbocycles. The quantitative estimate of drug-likeness (QED) is 0.865. The minimum atomic E-state index is -0.830. The van der Waals surface area contributed by atoms with Crippen molar-refractivity contribution in [2.45, 2.75) is 31.5 Å². The van der Waals surface area contributed by atoms with E-state index >= 15 is 0 Å². The number of benzene rings is 1. The number of rotatable bonds is 4. The first kappa shape index (κ1) is 13.2. The van der Waals surface area contributed by atoms with Gasteiger partial charge in [-0.05, 0) is 37.8 Å². The van der Waals surface area contributed by atoms with Gasteiger partial charge in [0, 0.05) is 6.54 Å². The van der Waals surface area contributed by atoms with Crippen LogP contribution in [0.4, 0.5) is 0 Å². The first-order valence-corrected chi connectivity index (χ1v) is 6.95. The van der Waals surface area contributed by atoms with Crippen molar-refractivity contribution in [2.75, 3.05) is 13.2 Å². The lowest BCUT2D eigenvalue weighted by atomic mass is 10.0. The van der Waals surface area contributed by atoms with Gasteiger partial charge < -0.3 is 19.9 Å². The van der Waals surface area contributed by atoms with Crippen molar-refractivity contribution in [1.29, 1.82) is 0 Å². The molecule has 2 N–H and O–H groups in total. The third kappa shape index (κ3) is 2.72. The summed E-state index contributed by atoms with van der Waals surface area (Å²) in [5.41, 5.74) is -0.830. The highest BCUT2D eigenvalue weighted by atomic mass is 16.6. The average Bonchev–Trinajstić information content (AvgIpc) is 3.29. The minimum Gasteiger partial charge on any atom is -0.485 e. The molecule has 5 nitrogen and oxygen atoms in total. The van der Waals surface area contributed by atoms with Crippen molar-refractivity contribution < 1.29 is 19.4 Å². The lowest BCUT2D eigenvalue weighted by Crippen LogP contribution is -2.49. The van der Waals surface area contributed by atoms with Gasteiger partial charge in [0.1, 0.15) is 6.61 Å². The smallest absolute Gasteiger partial charge is 0.264 e. The van der Waals surface area contributed by atoms with Crippen LogP contribution in [0.2, 0.25) is 0 Å². The molecule has 0 bridgehead atoms. The third-order valence-electron chi connectivity index (χ3n) is 3.88. The van der Waals surface area contributed by atoms with Crippen molar-refractivity contribution in [3.63, 3.8) is 0 Å². The molecule has 1 aromatic carbocycles. The van der Waals surface area contributed by atoms with E-state index in [9.17, 15) is 9.90 Å². The van der Waals surface area contributed by atoms with E-state index in [1.807, 2.05) is 12.1 Å². The molecule has 0 spiro atoms. The molecule has 0 radical (unpaired) electrons. The van der Waals surface area contributed by atoms with Crippen LogP contribution in [-0.2, 0) is 4.79 Å². The Balaban J connectivity index is 1.56. The molecule has 1 amide bonds. The van der Waals surface area contributed by atoms with E-state index in [1.165, 1.54) is 0 Å². The van der Waals surface area contributed by atoms with Crippen molar-refractivity contribution >= 4 is 5.91 Å². The van der Waals surface area contributed by atoms with E-state index in [0.29, 0.717) is 17.4 Å². The molecule has 0 saturated heterocycles. The Labute approximate surface area is 117 Å². The van der Waals surface area contributed by atoms with E-state index in [-0.39, 0.29) is 19.1 Å². The van der Waals surface area contributed by atoms with Gasteiger partial charge in [-0.15, -0.1) is 0 Å². The minimum absolute atomic E-state index is 0.189. The second-order valence-electron chi connectivity index (χ2n) is 5.71. The molecule has 3 rings (SSSR count). The standard InChI is InChI=1S/C15H19NO4/c1-15(18,10-6-7-10)9-16-14(17)13-8-19-11-4-2-3-5-12(11)20-13/h2-5,10,13,18H,6-9H2,1H3,(H,16,17).